The van der Waals surface area contributed by atoms with Crippen LogP contribution < -0.4 is 5.32 Å². The Morgan fingerprint density at radius 3 is 2.71 bits per heavy atom. The molecule has 2 nitrogen and oxygen atoms in total. The highest BCUT2D eigenvalue weighted by atomic mass is 19.1. The van der Waals surface area contributed by atoms with E-state index in [-0.39, 0.29) is 18.0 Å². The van der Waals surface area contributed by atoms with Gasteiger partial charge in [-0.1, -0.05) is 19.1 Å². The second kappa shape index (κ2) is 6.72. The number of nitrogens with one attached hydrogen (secondary N) is 1. The Balaban J connectivity index is 2.46. The van der Waals surface area contributed by atoms with Crippen molar-refractivity contribution in [2.45, 2.75) is 45.8 Å². The molecule has 3 heteroatoms. The lowest BCUT2D eigenvalue weighted by Gasteiger charge is -2.16. The molecule has 1 rings (SSSR count). The van der Waals surface area contributed by atoms with Gasteiger partial charge in [-0.05, 0) is 50.4 Å². The quantitative estimate of drug-likeness (QED) is 0.800. The van der Waals surface area contributed by atoms with E-state index in [9.17, 15) is 9.50 Å². The third kappa shape index (κ3) is 4.44. The molecular formula is C14H22FNO. The second-order valence-electron chi connectivity index (χ2n) is 4.54. The van der Waals surface area contributed by atoms with Crippen molar-refractivity contribution in [2.24, 2.45) is 0 Å². The van der Waals surface area contributed by atoms with E-state index in [0.717, 1.165) is 24.9 Å². The van der Waals surface area contributed by atoms with Gasteiger partial charge in [-0.2, -0.15) is 0 Å². The zero-order valence-electron chi connectivity index (χ0n) is 10.8. The minimum Gasteiger partial charge on any atom is -0.393 e. The number of halogens is 1. The highest BCUT2D eigenvalue weighted by molar-refractivity contribution is 5.25. The third-order valence-corrected chi connectivity index (χ3v) is 3.10. The van der Waals surface area contributed by atoms with Gasteiger partial charge in [0, 0.05) is 6.04 Å². The summed E-state index contributed by atoms with van der Waals surface area (Å²) >= 11 is 0. The first-order valence-electron chi connectivity index (χ1n) is 6.22. The fourth-order valence-corrected chi connectivity index (χ4v) is 1.67. The summed E-state index contributed by atoms with van der Waals surface area (Å²) in [7, 11) is 0. The summed E-state index contributed by atoms with van der Waals surface area (Å²) in [4.78, 5) is 0. The molecule has 0 heterocycles. The molecule has 0 aliphatic heterocycles. The van der Waals surface area contributed by atoms with Gasteiger partial charge < -0.3 is 10.4 Å². The van der Waals surface area contributed by atoms with Gasteiger partial charge in [-0.15, -0.1) is 0 Å². The lowest BCUT2D eigenvalue weighted by molar-refractivity contribution is 0.159. The zero-order chi connectivity index (χ0) is 12.8. The normalized spacial score (nSPS) is 14.6. The number of aliphatic hydroxyl groups excluding tert-OH is 1. The van der Waals surface area contributed by atoms with E-state index in [2.05, 4.69) is 5.32 Å². The van der Waals surface area contributed by atoms with Crippen LogP contribution in [0.15, 0.2) is 18.2 Å². The highest BCUT2D eigenvalue weighted by Crippen LogP contribution is 2.16. The number of benzene rings is 1. The van der Waals surface area contributed by atoms with Gasteiger partial charge in [-0.3, -0.25) is 0 Å². The van der Waals surface area contributed by atoms with Gasteiger partial charge >= 0.3 is 0 Å². The lowest BCUT2D eigenvalue weighted by Crippen LogP contribution is -2.23. The van der Waals surface area contributed by atoms with Crippen LogP contribution in [0.4, 0.5) is 4.39 Å². The first-order valence-corrected chi connectivity index (χ1v) is 6.22. The van der Waals surface area contributed by atoms with Crippen LogP contribution in [0.2, 0.25) is 0 Å². The molecular weight excluding hydrogens is 217 g/mol. The van der Waals surface area contributed by atoms with E-state index in [1.54, 1.807) is 19.1 Å². The molecule has 1 aromatic rings. The SMILES string of the molecule is CCC(O)CCNC(C)c1ccc(C)c(F)c1. The molecule has 0 aromatic heterocycles. The van der Waals surface area contributed by atoms with Crippen molar-refractivity contribution in [3.05, 3.63) is 35.1 Å². The minimum absolute atomic E-state index is 0.106. The van der Waals surface area contributed by atoms with Crippen LogP contribution in [0, 0.1) is 12.7 Å². The van der Waals surface area contributed by atoms with Crippen molar-refractivity contribution in [2.75, 3.05) is 6.54 Å². The van der Waals surface area contributed by atoms with Gasteiger partial charge in [0.05, 0.1) is 6.10 Å². The topological polar surface area (TPSA) is 32.3 Å². The summed E-state index contributed by atoms with van der Waals surface area (Å²) in [6.07, 6.45) is 1.26. The standard InChI is InChI=1S/C14H22FNO/c1-4-13(17)7-8-16-11(3)12-6-5-10(2)14(15)9-12/h5-6,9,11,13,16-17H,4,7-8H2,1-3H3. The molecule has 0 amide bonds. The van der Waals surface area contributed by atoms with Crippen LogP contribution >= 0.6 is 0 Å². The molecule has 96 valence electrons. The van der Waals surface area contributed by atoms with Crippen molar-refractivity contribution in [3.8, 4) is 0 Å². The van der Waals surface area contributed by atoms with Gasteiger partial charge in [-0.25, -0.2) is 4.39 Å². The van der Waals surface area contributed by atoms with Crippen LogP contribution in [0.25, 0.3) is 0 Å². The average molecular weight is 239 g/mol. The maximum Gasteiger partial charge on any atom is 0.126 e. The van der Waals surface area contributed by atoms with Crippen molar-refractivity contribution < 1.29 is 9.50 Å². The molecule has 0 fully saturated rings. The Morgan fingerprint density at radius 1 is 1.41 bits per heavy atom. The van der Waals surface area contributed by atoms with Gasteiger partial charge in [0.1, 0.15) is 5.82 Å². The number of hydrogen-bond donors (Lipinski definition) is 2. The summed E-state index contributed by atoms with van der Waals surface area (Å²) in [6, 6.07) is 5.41. The Labute approximate surface area is 103 Å². The van der Waals surface area contributed by atoms with Crippen LogP contribution in [-0.2, 0) is 0 Å². The molecule has 0 radical (unpaired) electrons. The average Bonchev–Trinajstić information content (AvgIpc) is 2.32. The second-order valence-corrected chi connectivity index (χ2v) is 4.54. The third-order valence-electron chi connectivity index (χ3n) is 3.10. The van der Waals surface area contributed by atoms with Gasteiger partial charge in [0.2, 0.25) is 0 Å². The van der Waals surface area contributed by atoms with E-state index in [1.165, 1.54) is 0 Å². The Kier molecular flexibility index (Phi) is 5.59. The van der Waals surface area contributed by atoms with Crippen molar-refractivity contribution in [3.63, 3.8) is 0 Å². The van der Waals surface area contributed by atoms with Crippen molar-refractivity contribution in [1.82, 2.24) is 5.32 Å². The summed E-state index contributed by atoms with van der Waals surface area (Å²) in [6.45, 7) is 6.46. The molecule has 17 heavy (non-hydrogen) atoms. The Bertz CT molecular complexity index is 354. The fraction of sp³-hybridized carbons (Fsp3) is 0.571. The molecule has 1 aromatic carbocycles. The first-order chi connectivity index (χ1) is 8.04. The van der Waals surface area contributed by atoms with Crippen molar-refractivity contribution in [1.29, 1.82) is 0 Å². The minimum atomic E-state index is -0.246. The highest BCUT2D eigenvalue weighted by Gasteiger charge is 2.08. The van der Waals surface area contributed by atoms with E-state index in [1.807, 2.05) is 19.9 Å². The molecule has 2 unspecified atom stereocenters. The lowest BCUT2D eigenvalue weighted by atomic mass is 10.1. The van der Waals surface area contributed by atoms with Gasteiger partial charge in [0.15, 0.2) is 0 Å². The van der Waals surface area contributed by atoms with Crippen molar-refractivity contribution >= 4 is 0 Å². The largest absolute Gasteiger partial charge is 0.393 e. The Morgan fingerprint density at radius 2 is 2.12 bits per heavy atom. The van der Waals surface area contributed by atoms with Crippen LogP contribution in [0.1, 0.15) is 43.9 Å². The number of rotatable bonds is 6. The Hall–Kier alpha value is -0.930. The summed E-state index contributed by atoms with van der Waals surface area (Å²) < 4.78 is 13.4. The number of hydrogen-bond acceptors (Lipinski definition) is 2. The monoisotopic (exact) mass is 239 g/mol. The fourth-order valence-electron chi connectivity index (χ4n) is 1.67. The molecule has 0 saturated heterocycles. The maximum atomic E-state index is 13.4. The summed E-state index contributed by atoms with van der Waals surface area (Å²) in [5, 5.41) is 12.7. The van der Waals surface area contributed by atoms with E-state index in [4.69, 9.17) is 0 Å². The first kappa shape index (κ1) is 14.1. The smallest absolute Gasteiger partial charge is 0.126 e. The molecule has 0 saturated carbocycles. The van der Waals surface area contributed by atoms with Crippen LogP contribution in [0.5, 0.6) is 0 Å². The maximum absolute atomic E-state index is 13.4. The number of aliphatic hydroxyl groups is 1. The molecule has 0 aliphatic rings. The van der Waals surface area contributed by atoms with Crippen LogP contribution in [0.3, 0.4) is 0 Å². The van der Waals surface area contributed by atoms with E-state index >= 15 is 0 Å². The predicted octanol–water partition coefficient (Wildman–Crippen LogP) is 2.95. The van der Waals surface area contributed by atoms with E-state index < -0.39 is 0 Å². The summed E-state index contributed by atoms with van der Waals surface area (Å²) in [5.41, 5.74) is 1.61. The molecule has 2 atom stereocenters. The molecule has 2 N–H and O–H groups in total. The molecule has 0 bridgehead atoms. The molecule has 0 spiro atoms. The van der Waals surface area contributed by atoms with Gasteiger partial charge in [0.25, 0.3) is 0 Å². The molecule has 0 aliphatic carbocycles. The number of aryl methyl sites for hydroxylation is 1. The van der Waals surface area contributed by atoms with E-state index in [0.29, 0.717) is 5.56 Å². The summed E-state index contributed by atoms with van der Waals surface area (Å²) in [5.74, 6) is -0.162. The van der Waals surface area contributed by atoms with Crippen LogP contribution in [-0.4, -0.2) is 17.8 Å². The zero-order valence-corrected chi connectivity index (χ0v) is 10.8. The predicted molar refractivity (Wildman–Crippen MR) is 68.5 cm³/mol.